The summed E-state index contributed by atoms with van der Waals surface area (Å²) in [5.41, 5.74) is 2.21. The first-order valence-electron chi connectivity index (χ1n) is 8.58. The van der Waals surface area contributed by atoms with Crippen LogP contribution in [0.15, 0.2) is 48.5 Å². The van der Waals surface area contributed by atoms with Crippen LogP contribution >= 0.6 is 11.3 Å². The van der Waals surface area contributed by atoms with Crippen molar-refractivity contribution >= 4 is 32.4 Å². The van der Waals surface area contributed by atoms with Crippen molar-refractivity contribution in [3.63, 3.8) is 0 Å². The summed E-state index contributed by atoms with van der Waals surface area (Å²) in [6.07, 6.45) is 1.92. The number of non-ortho nitro benzene ring substituents is 1. The van der Waals surface area contributed by atoms with Gasteiger partial charge in [-0.1, -0.05) is 41.7 Å². The molecule has 1 N–H and O–H groups in total. The van der Waals surface area contributed by atoms with Crippen molar-refractivity contribution in [2.75, 3.05) is 25.1 Å². The van der Waals surface area contributed by atoms with Gasteiger partial charge in [-0.15, -0.1) is 0 Å². The monoisotopic (exact) mass is 369 g/mol. The number of aromatic nitrogens is 1. The van der Waals surface area contributed by atoms with Gasteiger partial charge in [-0.05, 0) is 24.5 Å². The largest absolute Gasteiger partial charge is 0.381 e. The van der Waals surface area contributed by atoms with Crippen LogP contribution in [0.2, 0.25) is 0 Å². The molecule has 1 aliphatic rings. The van der Waals surface area contributed by atoms with Gasteiger partial charge in [0, 0.05) is 37.3 Å². The number of anilines is 1. The molecular formula is C19H19N3O3S. The minimum Gasteiger partial charge on any atom is -0.381 e. The molecule has 1 aliphatic heterocycles. The van der Waals surface area contributed by atoms with Crippen LogP contribution in [0, 0.1) is 10.1 Å². The number of rotatable bonds is 5. The first kappa shape index (κ1) is 16.9. The van der Waals surface area contributed by atoms with Gasteiger partial charge in [0.25, 0.3) is 5.69 Å². The first-order chi connectivity index (χ1) is 12.7. The van der Waals surface area contributed by atoms with Crippen LogP contribution in [-0.4, -0.2) is 29.7 Å². The molecule has 0 amide bonds. The second-order valence-electron chi connectivity index (χ2n) is 6.54. The van der Waals surface area contributed by atoms with E-state index in [2.05, 4.69) is 34.6 Å². The van der Waals surface area contributed by atoms with E-state index in [0.29, 0.717) is 0 Å². The van der Waals surface area contributed by atoms with Gasteiger partial charge in [0.05, 0.1) is 15.1 Å². The van der Waals surface area contributed by atoms with Crippen molar-refractivity contribution in [3.05, 3.63) is 64.2 Å². The number of thiazole rings is 1. The second kappa shape index (κ2) is 7.01. The number of benzene rings is 2. The number of hydrogen-bond acceptors (Lipinski definition) is 6. The zero-order valence-corrected chi connectivity index (χ0v) is 15.0. The van der Waals surface area contributed by atoms with E-state index in [4.69, 9.17) is 4.74 Å². The van der Waals surface area contributed by atoms with Gasteiger partial charge in [-0.2, -0.15) is 0 Å². The SMILES string of the molecule is O=[N+]([O-])c1ccc2nc(NCC3(c4ccccc4)CCOCC3)sc2c1. The second-order valence-corrected chi connectivity index (χ2v) is 7.57. The minimum absolute atomic E-state index is 0.0172. The van der Waals surface area contributed by atoms with Crippen molar-refractivity contribution < 1.29 is 9.66 Å². The Kier molecular flexibility index (Phi) is 4.57. The Hall–Kier alpha value is -2.51. The van der Waals surface area contributed by atoms with E-state index in [1.54, 1.807) is 12.1 Å². The normalized spacial score (nSPS) is 16.5. The van der Waals surface area contributed by atoms with Gasteiger partial charge in [-0.3, -0.25) is 10.1 Å². The molecule has 4 rings (SSSR count). The molecule has 0 aliphatic carbocycles. The molecule has 0 unspecified atom stereocenters. The Balaban J connectivity index is 1.58. The van der Waals surface area contributed by atoms with Crippen molar-refractivity contribution in [1.82, 2.24) is 4.98 Å². The average Bonchev–Trinajstić information content (AvgIpc) is 3.10. The quantitative estimate of drug-likeness (QED) is 0.534. The minimum atomic E-state index is -0.376. The summed E-state index contributed by atoms with van der Waals surface area (Å²) in [6.45, 7) is 2.27. The highest BCUT2D eigenvalue weighted by Gasteiger charge is 2.34. The summed E-state index contributed by atoms with van der Waals surface area (Å²) in [6, 6.07) is 15.3. The zero-order valence-electron chi connectivity index (χ0n) is 14.2. The topological polar surface area (TPSA) is 77.3 Å². The lowest BCUT2D eigenvalue weighted by Crippen LogP contribution is -2.40. The summed E-state index contributed by atoms with van der Waals surface area (Å²) in [5, 5.41) is 15.2. The maximum Gasteiger partial charge on any atom is 0.270 e. The zero-order chi connectivity index (χ0) is 18.0. The number of hydrogen-bond donors (Lipinski definition) is 1. The summed E-state index contributed by atoms with van der Waals surface area (Å²) in [4.78, 5) is 15.1. The van der Waals surface area contributed by atoms with E-state index in [9.17, 15) is 10.1 Å². The lowest BCUT2D eigenvalue weighted by Gasteiger charge is -2.38. The molecule has 3 aromatic rings. The molecule has 0 saturated carbocycles. The third-order valence-electron chi connectivity index (χ3n) is 5.00. The molecule has 2 heterocycles. The third kappa shape index (κ3) is 3.27. The maximum absolute atomic E-state index is 10.9. The number of fused-ring (bicyclic) bond motifs is 1. The van der Waals surface area contributed by atoms with E-state index >= 15 is 0 Å². The highest BCUT2D eigenvalue weighted by atomic mass is 32.1. The molecule has 1 saturated heterocycles. The maximum atomic E-state index is 10.9. The summed E-state index contributed by atoms with van der Waals surface area (Å²) >= 11 is 1.45. The predicted octanol–water partition coefficient (Wildman–Crippen LogP) is 4.36. The van der Waals surface area contributed by atoms with Crippen molar-refractivity contribution in [2.24, 2.45) is 0 Å². The Morgan fingerprint density at radius 3 is 2.69 bits per heavy atom. The van der Waals surface area contributed by atoms with Crippen LogP contribution in [0.1, 0.15) is 18.4 Å². The summed E-state index contributed by atoms with van der Waals surface area (Å²) in [7, 11) is 0. The number of nitro benzene ring substituents is 1. The van der Waals surface area contributed by atoms with Crippen molar-refractivity contribution in [1.29, 1.82) is 0 Å². The molecule has 0 radical (unpaired) electrons. The molecule has 0 bridgehead atoms. The van der Waals surface area contributed by atoms with Gasteiger partial charge >= 0.3 is 0 Å². The van der Waals surface area contributed by atoms with E-state index in [0.717, 1.165) is 47.9 Å². The number of nitrogens with one attached hydrogen (secondary N) is 1. The summed E-state index contributed by atoms with van der Waals surface area (Å²) < 4.78 is 6.40. The van der Waals surface area contributed by atoms with E-state index in [-0.39, 0.29) is 16.0 Å². The smallest absolute Gasteiger partial charge is 0.270 e. The Labute approximate surface area is 155 Å². The van der Waals surface area contributed by atoms with E-state index < -0.39 is 0 Å². The van der Waals surface area contributed by atoms with E-state index in [1.165, 1.54) is 23.0 Å². The van der Waals surface area contributed by atoms with Gasteiger partial charge < -0.3 is 10.1 Å². The Morgan fingerprint density at radius 2 is 1.96 bits per heavy atom. The molecular weight excluding hydrogens is 350 g/mol. The van der Waals surface area contributed by atoms with Gasteiger partial charge in [-0.25, -0.2) is 4.98 Å². The standard InChI is InChI=1S/C19H19N3O3S/c23-22(24)15-6-7-16-17(12-15)26-18(21-16)20-13-19(8-10-25-11-9-19)14-4-2-1-3-5-14/h1-7,12H,8-11,13H2,(H,20,21). The van der Waals surface area contributed by atoms with E-state index in [1.807, 2.05) is 6.07 Å². The fourth-order valence-electron chi connectivity index (χ4n) is 3.47. The Morgan fingerprint density at radius 1 is 1.19 bits per heavy atom. The fourth-order valence-corrected chi connectivity index (χ4v) is 4.36. The predicted molar refractivity (Wildman–Crippen MR) is 103 cm³/mol. The molecule has 1 aromatic heterocycles. The lowest BCUT2D eigenvalue weighted by molar-refractivity contribution is -0.384. The highest BCUT2D eigenvalue weighted by Crippen LogP contribution is 2.36. The van der Waals surface area contributed by atoms with Crippen LogP contribution in [0.5, 0.6) is 0 Å². The van der Waals surface area contributed by atoms with Crippen molar-refractivity contribution in [3.8, 4) is 0 Å². The highest BCUT2D eigenvalue weighted by molar-refractivity contribution is 7.22. The average molecular weight is 369 g/mol. The molecule has 1 fully saturated rings. The lowest BCUT2D eigenvalue weighted by atomic mass is 9.74. The first-order valence-corrected chi connectivity index (χ1v) is 9.40. The fraction of sp³-hybridized carbons (Fsp3) is 0.316. The van der Waals surface area contributed by atoms with Gasteiger partial charge in [0.15, 0.2) is 5.13 Å². The number of ether oxygens (including phenoxy) is 1. The van der Waals surface area contributed by atoms with Gasteiger partial charge in [0.1, 0.15) is 0 Å². The molecule has 7 heteroatoms. The Bertz CT molecular complexity index is 920. The van der Waals surface area contributed by atoms with Crippen molar-refractivity contribution in [2.45, 2.75) is 18.3 Å². The van der Waals surface area contributed by atoms with Crippen LogP contribution in [0.25, 0.3) is 10.2 Å². The number of nitro groups is 1. The molecule has 0 spiro atoms. The molecule has 0 atom stereocenters. The van der Waals surface area contributed by atoms with Crippen LogP contribution in [0.4, 0.5) is 10.8 Å². The van der Waals surface area contributed by atoms with Crippen LogP contribution in [-0.2, 0) is 10.2 Å². The number of nitrogens with zero attached hydrogens (tertiary/aromatic N) is 2. The van der Waals surface area contributed by atoms with Crippen LogP contribution < -0.4 is 5.32 Å². The summed E-state index contributed by atoms with van der Waals surface area (Å²) in [5.74, 6) is 0. The third-order valence-corrected chi connectivity index (χ3v) is 5.97. The molecule has 6 nitrogen and oxygen atoms in total. The molecule has 2 aromatic carbocycles. The van der Waals surface area contributed by atoms with Gasteiger partial charge in [0.2, 0.25) is 0 Å². The van der Waals surface area contributed by atoms with Crippen LogP contribution in [0.3, 0.4) is 0 Å². The molecule has 26 heavy (non-hydrogen) atoms. The molecule has 134 valence electrons.